The number of piperidine rings is 2. The van der Waals surface area contributed by atoms with Crippen LogP contribution in [0.15, 0.2) is 24.3 Å². The molecule has 2 heterocycles. The minimum absolute atomic E-state index is 0.592. The summed E-state index contributed by atoms with van der Waals surface area (Å²) in [6, 6.07) is 11.3. The number of nitrogen functional groups attached to an aromatic ring is 1. The van der Waals surface area contributed by atoms with Gasteiger partial charge >= 0.3 is 0 Å². The highest BCUT2D eigenvalue weighted by Gasteiger charge is 2.44. The number of nitrogens with zero attached hydrogens (tertiary/aromatic N) is 1. The third-order valence-electron chi connectivity index (χ3n) is 7.88. The van der Waals surface area contributed by atoms with Crippen LogP contribution < -0.4 is 11.1 Å². The fourth-order valence-corrected chi connectivity index (χ4v) is 6.92. The molecule has 5 rings (SSSR count). The average molecular weight is 354 g/mol. The molecule has 1 aromatic carbocycles. The van der Waals surface area contributed by atoms with Gasteiger partial charge in [0.2, 0.25) is 0 Å². The van der Waals surface area contributed by atoms with Gasteiger partial charge in [0.05, 0.1) is 11.4 Å². The van der Waals surface area contributed by atoms with E-state index in [0.29, 0.717) is 6.04 Å². The lowest BCUT2D eigenvalue weighted by Crippen LogP contribution is -2.60. The van der Waals surface area contributed by atoms with Crippen molar-refractivity contribution in [1.29, 1.82) is 0 Å². The third-order valence-corrected chi connectivity index (χ3v) is 7.88. The predicted molar refractivity (Wildman–Crippen MR) is 109 cm³/mol. The molecule has 0 radical (unpaired) electrons. The highest BCUT2D eigenvalue weighted by Crippen LogP contribution is 2.46. The lowest BCUT2D eigenvalue weighted by Gasteiger charge is -2.55. The molecule has 142 valence electrons. The average Bonchev–Trinajstić information content (AvgIpc) is 2.62. The Balaban J connectivity index is 1.29. The topological polar surface area (TPSA) is 41.3 Å². The second-order valence-corrected chi connectivity index (χ2v) is 9.61. The summed E-state index contributed by atoms with van der Waals surface area (Å²) in [7, 11) is 0. The quantitative estimate of drug-likeness (QED) is 0.748. The summed E-state index contributed by atoms with van der Waals surface area (Å²) in [6.07, 6.45) is 15.9. The van der Waals surface area contributed by atoms with Crippen molar-refractivity contribution in [2.24, 2.45) is 11.8 Å². The van der Waals surface area contributed by atoms with Gasteiger partial charge in [0.15, 0.2) is 0 Å². The van der Waals surface area contributed by atoms with Crippen molar-refractivity contribution >= 4 is 11.4 Å². The van der Waals surface area contributed by atoms with Gasteiger partial charge in [-0.05, 0) is 68.9 Å². The van der Waals surface area contributed by atoms with Crippen LogP contribution in [0.5, 0.6) is 0 Å². The minimum atomic E-state index is 0.592. The first-order valence-corrected chi connectivity index (χ1v) is 11.1. The van der Waals surface area contributed by atoms with Crippen LogP contribution in [-0.2, 0) is 0 Å². The Hall–Kier alpha value is -1.22. The van der Waals surface area contributed by atoms with Gasteiger partial charge in [-0.3, -0.25) is 4.90 Å². The van der Waals surface area contributed by atoms with E-state index in [1.165, 1.54) is 70.6 Å². The van der Waals surface area contributed by atoms with Crippen molar-refractivity contribution in [1.82, 2.24) is 4.90 Å². The smallest absolute Gasteiger partial charge is 0.0576 e. The number of nitrogens with one attached hydrogen (secondary N) is 1. The van der Waals surface area contributed by atoms with Gasteiger partial charge in [-0.2, -0.15) is 0 Å². The van der Waals surface area contributed by atoms with E-state index in [0.717, 1.165) is 41.3 Å². The maximum absolute atomic E-state index is 6.18. The fraction of sp³-hybridized carbons (Fsp3) is 0.739. The normalized spacial score (nSPS) is 40.2. The Bertz CT molecular complexity index is 604. The third kappa shape index (κ3) is 3.24. The highest BCUT2D eigenvalue weighted by molar-refractivity contribution is 5.66. The van der Waals surface area contributed by atoms with E-state index in [4.69, 9.17) is 5.73 Å². The molecule has 2 saturated heterocycles. The summed E-state index contributed by atoms with van der Waals surface area (Å²) >= 11 is 0. The molecule has 0 spiro atoms. The van der Waals surface area contributed by atoms with E-state index in [2.05, 4.69) is 22.3 Å². The molecule has 3 heteroatoms. The first-order chi connectivity index (χ1) is 12.8. The van der Waals surface area contributed by atoms with Crippen LogP contribution in [0.25, 0.3) is 0 Å². The number of anilines is 2. The second kappa shape index (κ2) is 7.07. The number of benzene rings is 1. The van der Waals surface area contributed by atoms with Crippen LogP contribution in [0.4, 0.5) is 11.4 Å². The molecule has 2 aliphatic heterocycles. The van der Waals surface area contributed by atoms with Crippen LogP contribution in [-0.4, -0.2) is 29.1 Å². The Labute approximate surface area is 158 Å². The first kappa shape index (κ1) is 16.9. The Kier molecular flexibility index (Phi) is 4.60. The SMILES string of the molecule is Nc1ccccc1NC1CC2CCCC(C1)N2C1CC2CCCC(C2)C1. The second-order valence-electron chi connectivity index (χ2n) is 9.61. The molecule has 4 unspecified atom stereocenters. The molecule has 3 N–H and O–H groups in total. The molecule has 4 bridgehead atoms. The minimum Gasteiger partial charge on any atom is -0.397 e. The highest BCUT2D eigenvalue weighted by atomic mass is 15.2. The van der Waals surface area contributed by atoms with Crippen molar-refractivity contribution in [3.63, 3.8) is 0 Å². The molecule has 4 aliphatic rings. The molecular formula is C23H35N3. The monoisotopic (exact) mass is 353 g/mol. The van der Waals surface area contributed by atoms with Crippen LogP contribution in [0.3, 0.4) is 0 Å². The Morgan fingerprint density at radius 1 is 0.769 bits per heavy atom. The molecule has 3 nitrogen and oxygen atoms in total. The van der Waals surface area contributed by atoms with Crippen LogP contribution in [0, 0.1) is 11.8 Å². The number of hydrogen-bond donors (Lipinski definition) is 2. The zero-order chi connectivity index (χ0) is 17.5. The van der Waals surface area contributed by atoms with Gasteiger partial charge in [-0.25, -0.2) is 0 Å². The molecule has 4 atom stereocenters. The molecule has 2 saturated carbocycles. The van der Waals surface area contributed by atoms with Gasteiger partial charge in [0, 0.05) is 24.2 Å². The summed E-state index contributed by atoms with van der Waals surface area (Å²) in [5.41, 5.74) is 8.20. The standard InChI is InChI=1S/C23H35N3/c24-22-9-1-2-10-23(22)25-18-14-19-7-4-8-20(15-18)26(19)21-12-16-5-3-6-17(11-16)13-21/h1-2,9-10,16-21,25H,3-8,11-15,24H2. The molecule has 26 heavy (non-hydrogen) atoms. The molecule has 0 aromatic heterocycles. The van der Waals surface area contributed by atoms with E-state index >= 15 is 0 Å². The lowest BCUT2D eigenvalue weighted by atomic mass is 9.68. The van der Waals surface area contributed by atoms with Gasteiger partial charge in [-0.1, -0.05) is 37.8 Å². The zero-order valence-corrected chi connectivity index (χ0v) is 16.1. The predicted octanol–water partition coefficient (Wildman–Crippen LogP) is 5.04. The number of hydrogen-bond acceptors (Lipinski definition) is 3. The van der Waals surface area contributed by atoms with Crippen LogP contribution in [0.1, 0.15) is 70.6 Å². The van der Waals surface area contributed by atoms with Crippen molar-refractivity contribution in [3.05, 3.63) is 24.3 Å². The van der Waals surface area contributed by atoms with E-state index < -0.39 is 0 Å². The maximum atomic E-state index is 6.18. The summed E-state index contributed by atoms with van der Waals surface area (Å²) in [4.78, 5) is 3.03. The van der Waals surface area contributed by atoms with Crippen LogP contribution >= 0.6 is 0 Å². The van der Waals surface area contributed by atoms with Crippen molar-refractivity contribution < 1.29 is 0 Å². The van der Waals surface area contributed by atoms with Gasteiger partial charge < -0.3 is 11.1 Å². The van der Waals surface area contributed by atoms with E-state index in [1.807, 2.05) is 12.1 Å². The summed E-state index contributed by atoms with van der Waals surface area (Å²) in [6.45, 7) is 0. The Morgan fingerprint density at radius 2 is 1.42 bits per heavy atom. The maximum Gasteiger partial charge on any atom is 0.0576 e. The number of para-hydroxylation sites is 2. The Morgan fingerprint density at radius 3 is 2.12 bits per heavy atom. The number of rotatable bonds is 3. The van der Waals surface area contributed by atoms with Gasteiger partial charge in [0.1, 0.15) is 0 Å². The molecule has 4 fully saturated rings. The summed E-state index contributed by atoms with van der Waals surface area (Å²) in [5, 5.41) is 3.79. The summed E-state index contributed by atoms with van der Waals surface area (Å²) in [5.74, 6) is 2.07. The molecule has 2 aliphatic carbocycles. The van der Waals surface area contributed by atoms with Gasteiger partial charge in [-0.15, -0.1) is 0 Å². The van der Waals surface area contributed by atoms with Gasteiger partial charge in [0.25, 0.3) is 0 Å². The molecular weight excluding hydrogens is 318 g/mol. The largest absolute Gasteiger partial charge is 0.397 e. The van der Waals surface area contributed by atoms with Crippen molar-refractivity contribution in [2.75, 3.05) is 11.1 Å². The lowest BCUT2D eigenvalue weighted by molar-refractivity contribution is -0.0382. The van der Waals surface area contributed by atoms with E-state index in [1.54, 1.807) is 0 Å². The molecule has 1 aromatic rings. The van der Waals surface area contributed by atoms with Crippen molar-refractivity contribution in [2.45, 2.75) is 94.8 Å². The molecule has 0 amide bonds. The summed E-state index contributed by atoms with van der Waals surface area (Å²) < 4.78 is 0. The number of fused-ring (bicyclic) bond motifs is 4. The van der Waals surface area contributed by atoms with Crippen LogP contribution in [0.2, 0.25) is 0 Å². The number of nitrogens with two attached hydrogens (primary N) is 1. The van der Waals surface area contributed by atoms with Crippen molar-refractivity contribution in [3.8, 4) is 0 Å². The first-order valence-electron chi connectivity index (χ1n) is 11.1. The zero-order valence-electron chi connectivity index (χ0n) is 16.1. The van der Waals surface area contributed by atoms with E-state index in [-0.39, 0.29) is 0 Å². The van der Waals surface area contributed by atoms with E-state index in [9.17, 15) is 0 Å². The fourth-order valence-electron chi connectivity index (χ4n) is 6.92.